The Morgan fingerprint density at radius 1 is 0.688 bits per heavy atom. The Kier molecular flexibility index (Phi) is 22.5. The summed E-state index contributed by atoms with van der Waals surface area (Å²) in [6, 6.07) is 41.5. The number of benzene rings is 5. The maximum absolute atomic E-state index is 12.8. The van der Waals surface area contributed by atoms with Crippen molar-refractivity contribution in [3.63, 3.8) is 0 Å². The highest BCUT2D eigenvalue weighted by Crippen LogP contribution is 2.52. The minimum Gasteiger partial charge on any atom is -0.464 e. The zero-order chi connectivity index (χ0) is 67.7. The molecule has 5 aliphatic heterocycles. The van der Waals surface area contributed by atoms with Crippen molar-refractivity contribution in [1.82, 2.24) is 9.55 Å². The number of carbonyl (C=O) groups excluding carboxylic acids is 5. The molecule has 500 valence electrons. The first-order valence-corrected chi connectivity index (χ1v) is 34.3. The molecule has 5 aromatic carbocycles. The molecule has 2 unspecified atom stereocenters. The molecule has 21 nitrogen and oxygen atoms in total. The number of aliphatic hydroxyl groups is 3. The Morgan fingerprint density at radius 2 is 1.29 bits per heavy atom. The molecule has 93 heavy (non-hydrogen) atoms. The van der Waals surface area contributed by atoms with Crippen LogP contribution in [0.15, 0.2) is 146 Å². The Labute approximate surface area is 544 Å². The van der Waals surface area contributed by atoms with Crippen molar-refractivity contribution in [3.8, 4) is 0 Å². The third kappa shape index (κ3) is 17.5. The van der Waals surface area contributed by atoms with E-state index < -0.39 is 67.6 Å². The molecule has 0 bridgehead atoms. The van der Waals surface area contributed by atoms with Crippen molar-refractivity contribution < 1.29 is 81.6 Å². The minimum absolute atomic E-state index is 0.0533. The molecule has 12 rings (SSSR count). The number of esters is 3. The lowest BCUT2D eigenvalue weighted by atomic mass is 9.91. The number of carbonyl (C=O) groups is 5. The summed E-state index contributed by atoms with van der Waals surface area (Å²) in [5.41, 5.74) is 2.58. The number of para-hydroxylation sites is 4. The molecule has 22 heteroatoms. The SMILES string of the molecule is CC(C)(C)OC(=O)N1c2ccccc2[C@]2(O)C[C@@H](CO)OC12.CCOC(=O)[C@@H]1CO1.CCOC(=O)[C@H](Cc1cn(C(=O)OC(C)(C)C)c2ccccc12)O[Si](C)(C)C(C)(C)C.O=C(OC[C@@H]1C[C@@]2(O)c3ccccc3NC2O1)c1ccccc1.c1ccc2[nH]ccc2c1. The van der Waals surface area contributed by atoms with Gasteiger partial charge in [-0.15, -0.1) is 0 Å². The number of hydrogen-bond donors (Lipinski definition) is 5. The molecule has 7 aromatic rings. The van der Waals surface area contributed by atoms with E-state index in [-0.39, 0.29) is 61.4 Å². The van der Waals surface area contributed by atoms with Crippen molar-refractivity contribution in [1.29, 1.82) is 0 Å². The van der Waals surface area contributed by atoms with Crippen LogP contribution in [0.3, 0.4) is 0 Å². The van der Waals surface area contributed by atoms with Gasteiger partial charge in [0.15, 0.2) is 26.9 Å². The summed E-state index contributed by atoms with van der Waals surface area (Å²) in [4.78, 5) is 65.0. The van der Waals surface area contributed by atoms with E-state index in [1.54, 1.807) is 89.3 Å². The van der Waals surface area contributed by atoms with E-state index in [0.29, 0.717) is 42.9 Å². The standard InChI is InChI=1S/C24H37NO5Si.C18H17NO4.C16H21NO5.C8H7N.C5H8O3/c1-10-28-21(26)20(30-31(8,9)24(5,6)7)15-17-16-25(22(27)29-23(2,3)4)19-14-12-11-13-18(17)19;20-16(12-6-2-1-3-7-12)22-11-13-10-18(21)14-8-4-5-9-15(14)19-17(18)23-13;1-15(2,3)22-14(19)17-12-7-5-4-6-11(12)16(20)8-10(9-18)21-13(16)17;1-2-4-8-7(3-1)5-6-9-8;1-2-7-5(6)4-3-8-4/h11-14,16,20H,10,15H2,1-9H3;1-9,13,17,19,21H,10-11H2;4-7,10,13,18,20H,8-9H2,1-3H3;1-6,9H;4H,2-3H2,1H3/t20-;13-,17?,18+;10-,13?,16+;;4-/m000.0/s1. The molecule has 3 fully saturated rings. The number of amides is 1. The van der Waals surface area contributed by atoms with Crippen LogP contribution in [-0.2, 0) is 69.5 Å². The van der Waals surface area contributed by atoms with Crippen LogP contribution in [0.4, 0.5) is 21.0 Å². The van der Waals surface area contributed by atoms with E-state index in [0.717, 1.165) is 27.7 Å². The Balaban J connectivity index is 0.000000160. The van der Waals surface area contributed by atoms with Gasteiger partial charge in [0.25, 0.3) is 0 Å². The predicted octanol–water partition coefficient (Wildman–Crippen LogP) is 12.0. The number of hydrogen-bond acceptors (Lipinski definition) is 18. The Morgan fingerprint density at radius 3 is 1.94 bits per heavy atom. The molecule has 0 saturated carbocycles. The third-order valence-corrected chi connectivity index (χ3v) is 20.7. The Bertz CT molecular complexity index is 3670. The average molecular weight is 1300 g/mol. The van der Waals surface area contributed by atoms with E-state index in [1.807, 2.05) is 93.7 Å². The van der Waals surface area contributed by atoms with Crippen molar-refractivity contribution >= 4 is 71.6 Å². The van der Waals surface area contributed by atoms with Gasteiger partial charge < -0.3 is 67.9 Å². The van der Waals surface area contributed by atoms with Crippen LogP contribution in [-0.4, -0.2) is 144 Å². The number of aromatic amines is 1. The van der Waals surface area contributed by atoms with E-state index in [4.69, 9.17) is 32.8 Å². The third-order valence-electron chi connectivity index (χ3n) is 16.2. The van der Waals surface area contributed by atoms with Crippen LogP contribution in [0.2, 0.25) is 18.1 Å². The number of nitrogens with zero attached hydrogens (tertiary/aromatic N) is 2. The Hall–Kier alpha value is -7.93. The van der Waals surface area contributed by atoms with Crippen LogP contribution in [0.5, 0.6) is 0 Å². The van der Waals surface area contributed by atoms with Crippen LogP contribution in [0.25, 0.3) is 21.8 Å². The first-order valence-electron chi connectivity index (χ1n) is 31.4. The highest BCUT2D eigenvalue weighted by atomic mass is 28.4. The molecule has 5 N–H and O–H groups in total. The predicted molar refractivity (Wildman–Crippen MR) is 354 cm³/mol. The summed E-state index contributed by atoms with van der Waals surface area (Å²) in [6.45, 7) is 26.2. The van der Waals surface area contributed by atoms with Gasteiger partial charge in [0, 0.05) is 59.4 Å². The number of nitrogens with one attached hydrogen (secondary N) is 2. The largest absolute Gasteiger partial charge is 0.464 e. The average Bonchev–Trinajstić information content (AvgIpc) is 1.57. The van der Waals surface area contributed by atoms with E-state index >= 15 is 0 Å². The maximum atomic E-state index is 12.8. The van der Waals surface area contributed by atoms with Gasteiger partial charge in [-0.3, -0.25) is 4.57 Å². The van der Waals surface area contributed by atoms with E-state index in [9.17, 15) is 39.3 Å². The molecule has 5 aliphatic rings. The lowest BCUT2D eigenvalue weighted by Crippen LogP contribution is -2.47. The number of epoxide rings is 1. The zero-order valence-electron chi connectivity index (χ0n) is 55.4. The van der Waals surface area contributed by atoms with Crippen molar-refractivity contribution in [2.45, 2.75) is 173 Å². The second-order valence-electron chi connectivity index (χ2n) is 26.7. The lowest BCUT2D eigenvalue weighted by molar-refractivity contribution is -0.152. The summed E-state index contributed by atoms with van der Waals surface area (Å²) in [6.07, 6.45) is 0.436. The number of aromatic nitrogens is 2. The quantitative estimate of drug-likeness (QED) is 0.0329. The molecule has 0 aliphatic carbocycles. The first-order chi connectivity index (χ1) is 43.9. The fourth-order valence-corrected chi connectivity index (χ4v) is 12.0. The fraction of sp³-hybridized carbons (Fsp3) is 0.451. The molecular weight excluding hydrogens is 1210 g/mol. The first kappa shape index (κ1) is 70.9. The summed E-state index contributed by atoms with van der Waals surface area (Å²) < 4.78 is 50.4. The summed E-state index contributed by atoms with van der Waals surface area (Å²) in [5, 5.41) is 36.5. The smallest absolute Gasteiger partial charge is 0.419 e. The van der Waals surface area contributed by atoms with Crippen LogP contribution >= 0.6 is 0 Å². The number of aliphatic hydroxyl groups excluding tert-OH is 1. The molecule has 0 spiro atoms. The number of ether oxygens (including phenoxy) is 8. The monoisotopic (exact) mass is 1300 g/mol. The van der Waals surface area contributed by atoms with Crippen LogP contribution < -0.4 is 10.2 Å². The van der Waals surface area contributed by atoms with Gasteiger partial charge in [-0.2, -0.15) is 0 Å². The van der Waals surface area contributed by atoms with Crippen LogP contribution in [0, 0.1) is 0 Å². The van der Waals surface area contributed by atoms with Crippen molar-refractivity contribution in [2.75, 3.05) is 43.3 Å². The second kappa shape index (κ2) is 29.6. The van der Waals surface area contributed by atoms with Gasteiger partial charge in [-0.05, 0) is 127 Å². The highest BCUT2D eigenvalue weighted by Gasteiger charge is 2.60. The number of rotatable bonds is 12. The number of anilines is 2. The zero-order valence-corrected chi connectivity index (χ0v) is 56.4. The number of fused-ring (bicyclic) bond motifs is 8. The lowest BCUT2D eigenvalue weighted by Gasteiger charge is -2.38. The van der Waals surface area contributed by atoms with E-state index in [2.05, 4.69) is 71.8 Å². The fourth-order valence-electron chi connectivity index (χ4n) is 10.8. The highest BCUT2D eigenvalue weighted by molar-refractivity contribution is 6.74. The van der Waals surface area contributed by atoms with Gasteiger partial charge in [0.2, 0.25) is 0 Å². The second-order valence-corrected chi connectivity index (χ2v) is 31.4. The van der Waals surface area contributed by atoms with E-state index in [1.165, 1.54) is 20.4 Å². The molecule has 3 saturated heterocycles. The minimum atomic E-state index is -2.23. The van der Waals surface area contributed by atoms with Crippen molar-refractivity contribution in [3.05, 3.63) is 168 Å². The summed E-state index contributed by atoms with van der Waals surface area (Å²) >= 11 is 0. The summed E-state index contributed by atoms with van der Waals surface area (Å²) in [7, 11) is -2.23. The number of H-pyrrole nitrogens is 1. The topological polar surface area (TPSA) is 268 Å². The summed E-state index contributed by atoms with van der Waals surface area (Å²) in [5.74, 6) is -0.986. The van der Waals surface area contributed by atoms with Gasteiger partial charge in [-0.1, -0.05) is 112 Å². The van der Waals surface area contributed by atoms with Crippen LogP contribution in [0.1, 0.15) is 116 Å². The molecule has 8 atom stereocenters. The van der Waals surface area contributed by atoms with Gasteiger partial charge >= 0.3 is 30.1 Å². The normalized spacial score (nSPS) is 21.8. The van der Waals surface area contributed by atoms with Gasteiger partial charge in [0.05, 0.1) is 55.4 Å². The van der Waals surface area contributed by atoms with Gasteiger partial charge in [0.1, 0.15) is 35.1 Å². The molecule has 0 radical (unpaired) electrons. The molecule has 1 amide bonds. The van der Waals surface area contributed by atoms with Gasteiger partial charge in [-0.25, -0.2) is 28.9 Å². The molecular formula is C71H90N4O17Si. The molecule has 7 heterocycles. The van der Waals surface area contributed by atoms with Crippen molar-refractivity contribution in [2.24, 2.45) is 0 Å². The maximum Gasteiger partial charge on any atom is 0.419 e. The molecule has 2 aromatic heterocycles.